The van der Waals surface area contributed by atoms with Gasteiger partial charge in [-0.15, -0.1) is 0 Å². The van der Waals surface area contributed by atoms with Crippen molar-refractivity contribution in [2.24, 2.45) is 0 Å². The number of carbonyl (C=O) groups is 1. The number of aryl methyl sites for hydroxylation is 1. The van der Waals surface area contributed by atoms with Gasteiger partial charge in [0.1, 0.15) is 12.0 Å². The van der Waals surface area contributed by atoms with Crippen LogP contribution in [0.25, 0.3) is 11.3 Å². The maximum atomic E-state index is 10.6. The van der Waals surface area contributed by atoms with Crippen LogP contribution < -0.4 is 0 Å². The van der Waals surface area contributed by atoms with Crippen molar-refractivity contribution in [3.8, 4) is 11.3 Å². The van der Waals surface area contributed by atoms with Crippen LogP contribution in [0.3, 0.4) is 0 Å². The van der Waals surface area contributed by atoms with Crippen molar-refractivity contribution < 1.29 is 13.9 Å². The van der Waals surface area contributed by atoms with Crippen molar-refractivity contribution in [2.75, 3.05) is 0 Å². The smallest absolute Gasteiger partial charge is 0.303 e. The second-order valence-corrected chi connectivity index (χ2v) is 3.77. The van der Waals surface area contributed by atoms with Gasteiger partial charge in [-0.05, 0) is 6.92 Å². The van der Waals surface area contributed by atoms with E-state index in [2.05, 4.69) is 4.98 Å². The topological polar surface area (TPSA) is 52.3 Å². The largest absolute Gasteiger partial charge is 0.456 e. The molecule has 0 radical (unpaired) electrons. The predicted octanol–water partition coefficient (Wildman–Crippen LogP) is 2.71. The molecule has 1 aromatic heterocycles. The van der Waals surface area contributed by atoms with Gasteiger partial charge >= 0.3 is 5.97 Å². The lowest BCUT2D eigenvalue weighted by atomic mass is 10.1. The van der Waals surface area contributed by atoms with Gasteiger partial charge < -0.3 is 9.15 Å². The predicted molar refractivity (Wildman–Crippen MR) is 62.1 cm³/mol. The van der Waals surface area contributed by atoms with Crippen LogP contribution in [0.5, 0.6) is 0 Å². The van der Waals surface area contributed by atoms with E-state index in [4.69, 9.17) is 9.15 Å². The summed E-state index contributed by atoms with van der Waals surface area (Å²) in [6.45, 7) is 3.45. The monoisotopic (exact) mass is 231 g/mol. The fourth-order valence-corrected chi connectivity index (χ4v) is 1.40. The summed E-state index contributed by atoms with van der Waals surface area (Å²) in [5.41, 5.74) is 2.91. The Kier molecular flexibility index (Phi) is 3.23. The maximum absolute atomic E-state index is 10.6. The molecule has 0 N–H and O–H groups in total. The molecule has 1 heterocycles. The molecule has 0 fully saturated rings. The summed E-state index contributed by atoms with van der Waals surface area (Å²) in [6.07, 6.45) is 1.56. The van der Waals surface area contributed by atoms with Crippen LogP contribution in [0.4, 0.5) is 0 Å². The van der Waals surface area contributed by atoms with Crippen molar-refractivity contribution >= 4 is 5.97 Å². The molecule has 0 spiro atoms. The molecule has 0 aliphatic rings. The Hall–Kier alpha value is -2.10. The number of hydrogen-bond donors (Lipinski definition) is 0. The van der Waals surface area contributed by atoms with Gasteiger partial charge in [0, 0.05) is 12.5 Å². The molecule has 0 unspecified atom stereocenters. The highest BCUT2D eigenvalue weighted by Crippen LogP contribution is 2.19. The summed E-state index contributed by atoms with van der Waals surface area (Å²) in [6, 6.07) is 7.97. The third kappa shape index (κ3) is 2.93. The van der Waals surface area contributed by atoms with Gasteiger partial charge in [-0.25, -0.2) is 4.98 Å². The Balaban J connectivity index is 2.12. The summed E-state index contributed by atoms with van der Waals surface area (Å²) < 4.78 is 10.0. The lowest BCUT2D eigenvalue weighted by molar-refractivity contribution is -0.142. The molecule has 0 saturated carbocycles. The average Bonchev–Trinajstić information content (AvgIpc) is 2.76. The first-order valence-corrected chi connectivity index (χ1v) is 5.30. The number of benzene rings is 1. The van der Waals surface area contributed by atoms with Gasteiger partial charge in [0.05, 0.1) is 0 Å². The van der Waals surface area contributed by atoms with Crippen molar-refractivity contribution in [1.82, 2.24) is 4.98 Å². The summed E-state index contributed by atoms with van der Waals surface area (Å²) in [5.74, 6) is 0.0517. The van der Waals surface area contributed by atoms with E-state index in [0.717, 1.165) is 11.3 Å². The summed E-state index contributed by atoms with van der Waals surface area (Å²) in [7, 11) is 0. The number of rotatable bonds is 3. The third-order valence-electron chi connectivity index (χ3n) is 2.30. The van der Waals surface area contributed by atoms with Crippen molar-refractivity contribution in [1.29, 1.82) is 0 Å². The second kappa shape index (κ2) is 4.82. The minimum atomic E-state index is -0.347. The quantitative estimate of drug-likeness (QED) is 0.762. The van der Waals surface area contributed by atoms with Crippen LogP contribution in [-0.2, 0) is 16.1 Å². The Morgan fingerprint density at radius 2 is 2.06 bits per heavy atom. The second-order valence-electron chi connectivity index (χ2n) is 3.77. The van der Waals surface area contributed by atoms with E-state index in [1.165, 1.54) is 12.5 Å². The van der Waals surface area contributed by atoms with Gasteiger partial charge in [0.2, 0.25) is 5.89 Å². The number of carbonyl (C=O) groups excluding carboxylic acids is 1. The van der Waals surface area contributed by atoms with Crippen LogP contribution >= 0.6 is 0 Å². The highest BCUT2D eigenvalue weighted by atomic mass is 16.5. The van der Waals surface area contributed by atoms with E-state index in [9.17, 15) is 4.79 Å². The highest BCUT2D eigenvalue weighted by molar-refractivity contribution is 5.65. The van der Waals surface area contributed by atoms with Crippen molar-refractivity contribution in [3.05, 3.63) is 42.0 Å². The molecule has 2 aromatic rings. The number of esters is 1. The standard InChI is InChI=1S/C13H13NO3/c1-9-3-5-11(6-4-9)12-7-17-13(14-12)8-16-10(2)15/h3-7H,8H2,1-2H3. The first kappa shape index (κ1) is 11.4. The molecule has 88 valence electrons. The molecule has 2 rings (SSSR count). The van der Waals surface area contributed by atoms with Crippen LogP contribution in [0.1, 0.15) is 18.4 Å². The highest BCUT2D eigenvalue weighted by Gasteiger charge is 2.07. The first-order chi connectivity index (χ1) is 8.15. The van der Waals surface area contributed by atoms with Gasteiger partial charge in [0.15, 0.2) is 6.61 Å². The molecule has 0 aliphatic heterocycles. The van der Waals surface area contributed by atoms with Gasteiger partial charge in [-0.1, -0.05) is 29.8 Å². The van der Waals surface area contributed by atoms with E-state index in [0.29, 0.717) is 5.89 Å². The fourth-order valence-electron chi connectivity index (χ4n) is 1.40. The molecular formula is C13H13NO3. The zero-order valence-corrected chi connectivity index (χ0v) is 9.77. The molecule has 0 bridgehead atoms. The van der Waals surface area contributed by atoms with Gasteiger partial charge in [-0.3, -0.25) is 4.79 Å². The molecule has 0 saturated heterocycles. The normalized spacial score (nSPS) is 10.2. The molecule has 4 nitrogen and oxygen atoms in total. The SMILES string of the molecule is CC(=O)OCc1nc(-c2ccc(C)cc2)co1. The molecule has 17 heavy (non-hydrogen) atoms. The lowest BCUT2D eigenvalue weighted by Crippen LogP contribution is -1.98. The molecule has 4 heteroatoms. The number of ether oxygens (including phenoxy) is 1. The summed E-state index contributed by atoms with van der Waals surface area (Å²) in [5, 5.41) is 0. The van der Waals surface area contributed by atoms with Gasteiger partial charge in [0.25, 0.3) is 0 Å². The zero-order chi connectivity index (χ0) is 12.3. The Morgan fingerprint density at radius 3 is 2.71 bits per heavy atom. The third-order valence-corrected chi connectivity index (χ3v) is 2.30. The average molecular weight is 231 g/mol. The Bertz CT molecular complexity index is 514. The van der Waals surface area contributed by atoms with E-state index < -0.39 is 0 Å². The Labute approximate surface area is 99.2 Å². The molecule has 0 amide bonds. The van der Waals surface area contributed by atoms with Crippen LogP contribution in [-0.4, -0.2) is 11.0 Å². The summed E-state index contributed by atoms with van der Waals surface area (Å²) >= 11 is 0. The Morgan fingerprint density at radius 1 is 1.35 bits per heavy atom. The van der Waals surface area contributed by atoms with Crippen LogP contribution in [0.15, 0.2) is 34.9 Å². The van der Waals surface area contributed by atoms with Crippen molar-refractivity contribution in [2.45, 2.75) is 20.5 Å². The molecular weight excluding hydrogens is 218 g/mol. The van der Waals surface area contributed by atoms with E-state index in [1.807, 2.05) is 31.2 Å². The first-order valence-electron chi connectivity index (χ1n) is 5.30. The molecule has 0 atom stereocenters. The van der Waals surface area contributed by atoms with E-state index in [-0.39, 0.29) is 12.6 Å². The van der Waals surface area contributed by atoms with E-state index in [1.54, 1.807) is 6.26 Å². The minimum absolute atomic E-state index is 0.0706. The zero-order valence-electron chi connectivity index (χ0n) is 9.77. The lowest BCUT2D eigenvalue weighted by Gasteiger charge is -1.96. The number of aromatic nitrogens is 1. The van der Waals surface area contributed by atoms with Gasteiger partial charge in [-0.2, -0.15) is 0 Å². The number of hydrogen-bond acceptors (Lipinski definition) is 4. The summed E-state index contributed by atoms with van der Waals surface area (Å²) in [4.78, 5) is 14.9. The molecule has 1 aromatic carbocycles. The van der Waals surface area contributed by atoms with Crippen LogP contribution in [0, 0.1) is 6.92 Å². The minimum Gasteiger partial charge on any atom is -0.456 e. The number of nitrogens with zero attached hydrogens (tertiary/aromatic N) is 1. The maximum Gasteiger partial charge on any atom is 0.303 e. The van der Waals surface area contributed by atoms with Crippen LogP contribution in [0.2, 0.25) is 0 Å². The van der Waals surface area contributed by atoms with E-state index >= 15 is 0 Å². The molecule has 0 aliphatic carbocycles. The fraction of sp³-hybridized carbons (Fsp3) is 0.231. The number of oxazole rings is 1. The van der Waals surface area contributed by atoms with Crippen molar-refractivity contribution in [3.63, 3.8) is 0 Å².